The minimum Gasteiger partial charge on any atom is -0.394 e. The third-order valence-electron chi connectivity index (χ3n) is 3.07. The number of nitrogens with zero attached hydrogens (tertiary/aromatic N) is 1. The number of halogens is 1. The molecular formula is C10H13FN2O7. The molecule has 1 aromatic rings. The first kappa shape index (κ1) is 14.8. The molecular weight excluding hydrogens is 279 g/mol. The number of nitrogens with one attached hydrogen (secondary N) is 1. The van der Waals surface area contributed by atoms with E-state index in [2.05, 4.69) is 0 Å². The van der Waals surface area contributed by atoms with Crippen molar-refractivity contribution >= 4 is 0 Å². The van der Waals surface area contributed by atoms with Crippen LogP contribution < -0.4 is 11.2 Å². The maximum Gasteiger partial charge on any atom is 0.330 e. The number of ether oxygens (including phenoxy) is 1. The largest absolute Gasteiger partial charge is 0.394 e. The first-order valence-electron chi connectivity index (χ1n) is 5.68. The van der Waals surface area contributed by atoms with Gasteiger partial charge in [-0.2, -0.15) is 4.39 Å². The number of rotatable bonds is 2. The minimum atomic E-state index is -1.75. The Labute approximate surface area is 110 Å². The van der Waals surface area contributed by atoms with Gasteiger partial charge in [0, 0.05) is 0 Å². The van der Waals surface area contributed by atoms with E-state index in [0.29, 0.717) is 10.8 Å². The second-order valence-corrected chi connectivity index (χ2v) is 4.36. The van der Waals surface area contributed by atoms with Crippen LogP contribution in [0.25, 0.3) is 0 Å². The molecule has 0 unspecified atom stereocenters. The average molecular weight is 292 g/mol. The molecule has 1 saturated heterocycles. The summed E-state index contributed by atoms with van der Waals surface area (Å²) in [5, 5.41) is 37.9. The van der Waals surface area contributed by atoms with Crippen LogP contribution in [0.4, 0.5) is 4.39 Å². The summed E-state index contributed by atoms with van der Waals surface area (Å²) in [6, 6.07) is 0. The van der Waals surface area contributed by atoms with E-state index in [4.69, 9.17) is 9.84 Å². The monoisotopic (exact) mass is 292 g/mol. The summed E-state index contributed by atoms with van der Waals surface area (Å²) in [5.74, 6) is -1.29. The molecule has 20 heavy (non-hydrogen) atoms. The highest BCUT2D eigenvalue weighted by atomic mass is 19.1. The zero-order valence-corrected chi connectivity index (χ0v) is 10.0. The Bertz CT molecular complexity index is 598. The maximum atomic E-state index is 13.2. The van der Waals surface area contributed by atoms with Crippen molar-refractivity contribution in [2.24, 2.45) is 0 Å². The number of hydrogen-bond acceptors (Lipinski definition) is 7. The van der Waals surface area contributed by atoms with Crippen LogP contribution in [0, 0.1) is 5.82 Å². The van der Waals surface area contributed by atoms with Gasteiger partial charge in [0.1, 0.15) is 24.4 Å². The van der Waals surface area contributed by atoms with Crippen molar-refractivity contribution in [1.82, 2.24) is 9.55 Å². The molecule has 2 heterocycles. The van der Waals surface area contributed by atoms with Crippen LogP contribution in [0.2, 0.25) is 0 Å². The predicted octanol–water partition coefficient (Wildman–Crippen LogP) is -3.35. The molecule has 5 N–H and O–H groups in total. The third-order valence-corrected chi connectivity index (χ3v) is 3.07. The van der Waals surface area contributed by atoms with E-state index in [1.807, 2.05) is 0 Å². The van der Waals surface area contributed by atoms with Gasteiger partial charge < -0.3 is 25.2 Å². The molecule has 0 saturated carbocycles. The van der Waals surface area contributed by atoms with Gasteiger partial charge in [-0.3, -0.25) is 14.3 Å². The topological polar surface area (TPSA) is 145 Å². The highest BCUT2D eigenvalue weighted by Crippen LogP contribution is 2.27. The fraction of sp³-hybridized carbons (Fsp3) is 0.600. The van der Waals surface area contributed by atoms with Gasteiger partial charge in [-0.15, -0.1) is 0 Å². The molecule has 0 bridgehead atoms. The molecule has 0 amide bonds. The van der Waals surface area contributed by atoms with E-state index in [1.165, 1.54) is 0 Å². The fourth-order valence-electron chi connectivity index (χ4n) is 1.96. The van der Waals surface area contributed by atoms with Crippen LogP contribution >= 0.6 is 0 Å². The second kappa shape index (κ2) is 5.42. The van der Waals surface area contributed by atoms with E-state index in [-0.39, 0.29) is 0 Å². The first-order valence-corrected chi connectivity index (χ1v) is 5.68. The van der Waals surface area contributed by atoms with Crippen LogP contribution in [0.5, 0.6) is 0 Å². The SMILES string of the molecule is O=c1[nH]c(=O)n([C@H]2O[C@H](CO)[C@H](O)[C@H](O)[C@H]2O)cc1F. The van der Waals surface area contributed by atoms with Gasteiger partial charge in [-0.1, -0.05) is 0 Å². The van der Waals surface area contributed by atoms with Crippen molar-refractivity contribution < 1.29 is 29.6 Å². The molecule has 1 aromatic heterocycles. The van der Waals surface area contributed by atoms with Gasteiger partial charge in [0.15, 0.2) is 6.23 Å². The Morgan fingerprint density at radius 2 is 1.90 bits per heavy atom. The summed E-state index contributed by atoms with van der Waals surface area (Å²) < 4.78 is 18.8. The summed E-state index contributed by atoms with van der Waals surface area (Å²) in [7, 11) is 0. The number of aliphatic hydroxyl groups is 4. The molecule has 9 nitrogen and oxygen atoms in total. The lowest BCUT2D eigenvalue weighted by Gasteiger charge is -2.40. The molecule has 1 aliphatic rings. The van der Waals surface area contributed by atoms with Gasteiger partial charge in [-0.25, -0.2) is 4.79 Å². The summed E-state index contributed by atoms with van der Waals surface area (Å²) in [5.41, 5.74) is -2.31. The number of H-pyrrole nitrogens is 1. The Morgan fingerprint density at radius 1 is 1.25 bits per heavy atom. The lowest BCUT2D eigenvalue weighted by atomic mass is 9.98. The van der Waals surface area contributed by atoms with E-state index < -0.39 is 54.3 Å². The normalized spacial score (nSPS) is 34.1. The standard InChI is InChI=1S/C10H13FN2O7/c11-3-1-13(10(19)12-8(3)18)9-7(17)6(16)5(15)4(2-14)20-9/h1,4-7,9,14-17H,2H2,(H,12,18,19)/t4-,5+,6+,7-,9+/m1/s1. The van der Waals surface area contributed by atoms with E-state index in [1.54, 1.807) is 4.98 Å². The molecule has 10 heteroatoms. The third kappa shape index (κ3) is 2.39. The van der Waals surface area contributed by atoms with Crippen molar-refractivity contribution in [3.8, 4) is 0 Å². The molecule has 5 atom stereocenters. The van der Waals surface area contributed by atoms with Gasteiger partial charge in [0.2, 0.25) is 5.82 Å². The predicted molar refractivity (Wildman–Crippen MR) is 60.3 cm³/mol. The molecule has 0 aliphatic carbocycles. The Hall–Kier alpha value is -1.59. The summed E-state index contributed by atoms with van der Waals surface area (Å²) in [4.78, 5) is 24.1. The number of aromatic nitrogens is 2. The van der Waals surface area contributed by atoms with Crippen molar-refractivity contribution in [3.63, 3.8) is 0 Å². The van der Waals surface area contributed by atoms with Crippen LogP contribution in [-0.2, 0) is 4.74 Å². The highest BCUT2D eigenvalue weighted by Gasteiger charge is 2.44. The molecule has 1 fully saturated rings. The van der Waals surface area contributed by atoms with Crippen LogP contribution in [-0.4, -0.2) is 61.0 Å². The van der Waals surface area contributed by atoms with Gasteiger partial charge in [-0.05, 0) is 0 Å². The van der Waals surface area contributed by atoms with Crippen LogP contribution in [0.3, 0.4) is 0 Å². The van der Waals surface area contributed by atoms with Crippen molar-refractivity contribution in [1.29, 1.82) is 0 Å². The smallest absolute Gasteiger partial charge is 0.330 e. The van der Waals surface area contributed by atoms with Gasteiger partial charge in [0.05, 0.1) is 12.8 Å². The average Bonchev–Trinajstić information content (AvgIpc) is 2.41. The number of hydrogen-bond donors (Lipinski definition) is 5. The summed E-state index contributed by atoms with van der Waals surface area (Å²) >= 11 is 0. The zero-order valence-electron chi connectivity index (χ0n) is 10.0. The first-order chi connectivity index (χ1) is 9.36. The Morgan fingerprint density at radius 3 is 2.50 bits per heavy atom. The van der Waals surface area contributed by atoms with Crippen molar-refractivity contribution in [2.45, 2.75) is 30.6 Å². The molecule has 1 aliphatic heterocycles. The minimum absolute atomic E-state index is 0.508. The molecule has 0 radical (unpaired) electrons. The molecule has 0 spiro atoms. The Balaban J connectivity index is 2.44. The summed E-state index contributed by atoms with van der Waals surface area (Å²) in [6.07, 6.45) is -7.38. The van der Waals surface area contributed by atoms with E-state index in [0.717, 1.165) is 0 Å². The zero-order chi connectivity index (χ0) is 15.0. The molecule has 2 rings (SSSR count). The number of aliphatic hydroxyl groups excluding tert-OH is 4. The fourth-order valence-corrected chi connectivity index (χ4v) is 1.96. The lowest BCUT2D eigenvalue weighted by molar-refractivity contribution is -0.252. The number of aromatic amines is 1. The molecule has 0 aromatic carbocycles. The van der Waals surface area contributed by atoms with Crippen LogP contribution in [0.15, 0.2) is 15.8 Å². The lowest BCUT2D eigenvalue weighted by Crippen LogP contribution is -2.58. The van der Waals surface area contributed by atoms with Crippen LogP contribution in [0.1, 0.15) is 6.23 Å². The van der Waals surface area contributed by atoms with Crippen molar-refractivity contribution in [2.75, 3.05) is 6.61 Å². The maximum absolute atomic E-state index is 13.2. The van der Waals surface area contributed by atoms with E-state index in [9.17, 15) is 29.3 Å². The summed E-state index contributed by atoms with van der Waals surface area (Å²) in [6.45, 7) is -0.692. The molecule has 112 valence electrons. The van der Waals surface area contributed by atoms with Gasteiger partial charge >= 0.3 is 5.69 Å². The Kier molecular flexibility index (Phi) is 4.01. The second-order valence-electron chi connectivity index (χ2n) is 4.36. The van der Waals surface area contributed by atoms with E-state index >= 15 is 0 Å². The quantitative estimate of drug-likeness (QED) is 0.383. The van der Waals surface area contributed by atoms with Gasteiger partial charge in [0.25, 0.3) is 5.56 Å². The van der Waals surface area contributed by atoms with Crippen molar-refractivity contribution in [3.05, 3.63) is 32.9 Å². The highest BCUT2D eigenvalue weighted by molar-refractivity contribution is 4.95.